The van der Waals surface area contributed by atoms with Crippen LogP contribution in [-0.2, 0) is 11.0 Å². The number of carboxylic acids is 1. The summed E-state index contributed by atoms with van der Waals surface area (Å²) in [4.78, 5) is 15.3. The number of imidazole rings is 1. The number of unbranched alkanes of at least 4 members (excludes halogenated alkanes) is 2. The summed E-state index contributed by atoms with van der Waals surface area (Å²) in [6, 6.07) is 19.9. The molecule has 34 heavy (non-hydrogen) atoms. The molecule has 1 heterocycles. The number of halogens is 3. The number of fused-ring (bicyclic) bond motifs is 1. The molecule has 1 N–H and O–H groups in total. The third-order valence-corrected chi connectivity index (χ3v) is 5.41. The number of benzene rings is 3. The van der Waals surface area contributed by atoms with E-state index in [0.29, 0.717) is 35.7 Å². The van der Waals surface area contributed by atoms with Gasteiger partial charge < -0.3 is 9.84 Å². The van der Waals surface area contributed by atoms with Gasteiger partial charge in [0.2, 0.25) is 0 Å². The lowest BCUT2D eigenvalue weighted by Gasteiger charge is -2.12. The van der Waals surface area contributed by atoms with E-state index < -0.39 is 17.7 Å². The molecule has 3 aromatic carbocycles. The highest BCUT2D eigenvalue weighted by Crippen LogP contribution is 2.34. The van der Waals surface area contributed by atoms with E-state index in [4.69, 9.17) is 14.8 Å². The molecule has 0 radical (unpaired) electrons. The van der Waals surface area contributed by atoms with E-state index in [1.165, 1.54) is 12.1 Å². The van der Waals surface area contributed by atoms with Crippen LogP contribution in [-0.4, -0.2) is 27.2 Å². The minimum absolute atomic E-state index is 0.148. The smallest absolute Gasteiger partial charge is 0.416 e. The summed E-state index contributed by atoms with van der Waals surface area (Å²) in [6.07, 6.45) is -2.16. The third-order valence-electron chi connectivity index (χ3n) is 5.41. The van der Waals surface area contributed by atoms with Crippen molar-refractivity contribution in [2.75, 3.05) is 6.61 Å². The van der Waals surface area contributed by atoms with Crippen molar-refractivity contribution in [2.24, 2.45) is 0 Å². The Bertz CT molecular complexity index is 1270. The molecule has 0 atom stereocenters. The van der Waals surface area contributed by atoms with E-state index in [1.807, 2.05) is 47.0 Å². The van der Waals surface area contributed by atoms with E-state index in [1.54, 1.807) is 6.07 Å². The molecule has 0 saturated carbocycles. The molecule has 8 heteroatoms. The van der Waals surface area contributed by atoms with Gasteiger partial charge in [0.25, 0.3) is 0 Å². The van der Waals surface area contributed by atoms with E-state index in [0.717, 1.165) is 36.2 Å². The Morgan fingerprint density at radius 3 is 2.35 bits per heavy atom. The molecule has 0 fully saturated rings. The first-order chi connectivity index (χ1) is 16.3. The predicted molar refractivity (Wildman–Crippen MR) is 123 cm³/mol. The molecule has 4 rings (SSSR count). The number of carbonyl (C=O) groups is 1. The van der Waals surface area contributed by atoms with Crippen LogP contribution in [0.3, 0.4) is 0 Å². The zero-order chi connectivity index (χ0) is 24.1. The van der Waals surface area contributed by atoms with Gasteiger partial charge in [-0.15, -0.1) is 0 Å². The highest BCUT2D eigenvalue weighted by Gasteiger charge is 2.30. The molecular formula is C26H23F3N2O3. The number of nitrogens with zero attached hydrogens (tertiary/aromatic N) is 2. The fourth-order valence-corrected chi connectivity index (χ4v) is 3.73. The lowest BCUT2D eigenvalue weighted by molar-refractivity contribution is -0.138. The summed E-state index contributed by atoms with van der Waals surface area (Å²) in [5.41, 5.74) is 2.13. The summed E-state index contributed by atoms with van der Waals surface area (Å²) >= 11 is 0. The Hall–Kier alpha value is -3.81. The largest absolute Gasteiger partial charge is 0.494 e. The monoisotopic (exact) mass is 468 g/mol. The van der Waals surface area contributed by atoms with Crippen LogP contribution in [0.5, 0.6) is 5.75 Å². The molecule has 0 aliphatic heterocycles. The van der Waals surface area contributed by atoms with Crippen LogP contribution < -0.4 is 4.74 Å². The molecule has 0 bridgehead atoms. The SMILES string of the molecule is O=C(O)CCCCCOc1ccc2nc(-c3ccc(C(F)(F)F)cc3)n(-c3ccccc3)c2c1. The first-order valence-corrected chi connectivity index (χ1v) is 10.9. The van der Waals surface area contributed by atoms with Gasteiger partial charge in [-0.2, -0.15) is 13.2 Å². The fourth-order valence-electron chi connectivity index (χ4n) is 3.73. The van der Waals surface area contributed by atoms with E-state index in [9.17, 15) is 18.0 Å². The Kier molecular flexibility index (Phi) is 6.86. The molecule has 0 spiro atoms. The number of aliphatic carboxylic acids is 1. The standard InChI is InChI=1S/C26H23F3N2O3/c27-26(28,29)19-12-10-18(11-13-19)25-30-22-15-14-21(34-16-6-2-5-9-24(32)33)17-23(22)31(25)20-7-3-1-4-8-20/h1,3-4,7-8,10-15,17H,2,5-6,9,16H2,(H,32,33). The van der Waals surface area contributed by atoms with E-state index >= 15 is 0 Å². The topological polar surface area (TPSA) is 64.3 Å². The maximum atomic E-state index is 13.0. The van der Waals surface area contributed by atoms with Crippen molar-refractivity contribution in [3.8, 4) is 22.8 Å². The summed E-state index contributed by atoms with van der Waals surface area (Å²) in [6.45, 7) is 0.455. The minimum Gasteiger partial charge on any atom is -0.494 e. The van der Waals surface area contributed by atoms with Crippen LogP contribution in [0.25, 0.3) is 28.1 Å². The molecule has 5 nitrogen and oxygen atoms in total. The average Bonchev–Trinajstić information content (AvgIpc) is 3.20. The van der Waals surface area contributed by atoms with Gasteiger partial charge in [0, 0.05) is 23.7 Å². The van der Waals surface area contributed by atoms with Gasteiger partial charge in [0.1, 0.15) is 11.6 Å². The first kappa shape index (κ1) is 23.4. The number of carboxylic acid groups (broad SMARTS) is 1. The number of rotatable bonds is 9. The fraction of sp³-hybridized carbons (Fsp3) is 0.231. The number of aromatic nitrogens is 2. The maximum absolute atomic E-state index is 13.0. The zero-order valence-corrected chi connectivity index (χ0v) is 18.3. The van der Waals surface area contributed by atoms with Gasteiger partial charge in [0.15, 0.2) is 0 Å². The average molecular weight is 468 g/mol. The van der Waals surface area contributed by atoms with Crippen molar-refractivity contribution in [3.63, 3.8) is 0 Å². The highest BCUT2D eigenvalue weighted by atomic mass is 19.4. The van der Waals surface area contributed by atoms with Crippen molar-refractivity contribution < 1.29 is 27.8 Å². The molecule has 176 valence electrons. The van der Waals surface area contributed by atoms with Crippen molar-refractivity contribution in [2.45, 2.75) is 31.9 Å². The van der Waals surface area contributed by atoms with Crippen molar-refractivity contribution >= 4 is 17.0 Å². The van der Waals surface area contributed by atoms with Crippen molar-refractivity contribution in [1.82, 2.24) is 9.55 Å². The Morgan fingerprint density at radius 1 is 0.941 bits per heavy atom. The molecule has 0 aliphatic rings. The van der Waals surface area contributed by atoms with Crippen LogP contribution in [0.1, 0.15) is 31.2 Å². The van der Waals surface area contributed by atoms with E-state index in [-0.39, 0.29) is 6.42 Å². The number of ether oxygens (including phenoxy) is 1. The summed E-state index contributed by atoms with van der Waals surface area (Å²) < 4.78 is 46.8. The Balaban J connectivity index is 1.65. The summed E-state index contributed by atoms with van der Waals surface area (Å²) in [7, 11) is 0. The molecule has 0 amide bonds. The molecule has 0 unspecified atom stereocenters. The van der Waals surface area contributed by atoms with Crippen molar-refractivity contribution in [1.29, 1.82) is 0 Å². The van der Waals surface area contributed by atoms with Gasteiger partial charge in [-0.1, -0.05) is 30.3 Å². The number of hydrogen-bond donors (Lipinski definition) is 1. The van der Waals surface area contributed by atoms with Gasteiger partial charge in [0.05, 0.1) is 23.2 Å². The lowest BCUT2D eigenvalue weighted by Crippen LogP contribution is -2.04. The number of hydrogen-bond acceptors (Lipinski definition) is 3. The normalized spacial score (nSPS) is 11.6. The number of alkyl halides is 3. The van der Waals surface area contributed by atoms with Gasteiger partial charge in [-0.3, -0.25) is 9.36 Å². The van der Waals surface area contributed by atoms with Crippen LogP contribution in [0.2, 0.25) is 0 Å². The first-order valence-electron chi connectivity index (χ1n) is 10.9. The van der Waals surface area contributed by atoms with Crippen LogP contribution in [0.15, 0.2) is 72.8 Å². The van der Waals surface area contributed by atoms with Gasteiger partial charge >= 0.3 is 12.1 Å². The maximum Gasteiger partial charge on any atom is 0.416 e. The molecule has 0 saturated heterocycles. The Labute approximate surface area is 194 Å². The summed E-state index contributed by atoms with van der Waals surface area (Å²) in [5, 5.41) is 8.71. The molecule has 0 aliphatic carbocycles. The predicted octanol–water partition coefficient (Wildman–Crippen LogP) is 6.74. The zero-order valence-electron chi connectivity index (χ0n) is 18.3. The van der Waals surface area contributed by atoms with Crippen molar-refractivity contribution in [3.05, 3.63) is 78.4 Å². The van der Waals surface area contributed by atoms with E-state index in [2.05, 4.69) is 0 Å². The highest BCUT2D eigenvalue weighted by molar-refractivity contribution is 5.84. The third kappa shape index (κ3) is 5.39. The van der Waals surface area contributed by atoms with Gasteiger partial charge in [-0.25, -0.2) is 4.98 Å². The molecule has 4 aromatic rings. The molecular weight excluding hydrogens is 445 g/mol. The summed E-state index contributed by atoms with van der Waals surface area (Å²) in [5.74, 6) is 0.368. The quantitative estimate of drug-likeness (QED) is 0.277. The second-order valence-electron chi connectivity index (χ2n) is 7.88. The van der Waals surface area contributed by atoms with Crippen LogP contribution in [0, 0.1) is 0 Å². The minimum atomic E-state index is -4.40. The Morgan fingerprint density at radius 2 is 1.68 bits per heavy atom. The van der Waals surface area contributed by atoms with Gasteiger partial charge in [-0.05, 0) is 55.7 Å². The van der Waals surface area contributed by atoms with Crippen LogP contribution in [0.4, 0.5) is 13.2 Å². The second-order valence-corrected chi connectivity index (χ2v) is 7.88. The lowest BCUT2D eigenvalue weighted by atomic mass is 10.1. The van der Waals surface area contributed by atoms with Crippen LogP contribution >= 0.6 is 0 Å². The second kappa shape index (κ2) is 9.99. The molecule has 1 aromatic heterocycles. The number of para-hydroxylation sites is 1.